The Morgan fingerprint density at radius 3 is 1.05 bits per heavy atom. The summed E-state index contributed by atoms with van der Waals surface area (Å²) in [6.45, 7) is 4.85. The molecule has 0 saturated heterocycles. The number of carbonyl (C=O) groups is 1. The monoisotopic (exact) mass is 1090 g/mol. The number of nitrogens with one attached hydrogen (secondary N) is 1. The number of allylic oxidation sites excluding steroid dienone is 5. The molecule has 0 bridgehead atoms. The zero-order valence-electron chi connectivity index (χ0n) is 51.5. The quantitative estimate of drug-likeness (QED) is 0.0243. The van der Waals surface area contributed by atoms with Crippen molar-refractivity contribution in [3.05, 3.63) is 36.5 Å². The highest BCUT2D eigenvalue weighted by atomic mass is 31.2. The summed E-state index contributed by atoms with van der Waals surface area (Å²) >= 11 is 0. The van der Waals surface area contributed by atoms with Crippen LogP contribution in [0.15, 0.2) is 36.5 Å². The molecule has 0 aromatic carbocycles. The van der Waals surface area contributed by atoms with Gasteiger partial charge in [-0.1, -0.05) is 307 Å². The van der Waals surface area contributed by atoms with Gasteiger partial charge in [-0.25, -0.2) is 4.57 Å². The van der Waals surface area contributed by atoms with Gasteiger partial charge in [0.2, 0.25) is 5.91 Å². The molecule has 450 valence electrons. The molecule has 0 saturated carbocycles. The van der Waals surface area contributed by atoms with Crippen molar-refractivity contribution in [1.29, 1.82) is 0 Å². The highest BCUT2D eigenvalue weighted by Crippen LogP contribution is 2.43. The number of aliphatic hydroxyl groups excluding tert-OH is 1. The Kier molecular flexibility index (Phi) is 57.4. The topological polar surface area (TPSA) is 105 Å². The van der Waals surface area contributed by atoms with E-state index in [0.29, 0.717) is 17.4 Å². The van der Waals surface area contributed by atoms with Crippen molar-refractivity contribution in [3.8, 4) is 0 Å². The molecule has 0 aliphatic rings. The number of nitrogens with zero attached hydrogens (tertiary/aromatic N) is 1. The van der Waals surface area contributed by atoms with Gasteiger partial charge in [-0.2, -0.15) is 0 Å². The van der Waals surface area contributed by atoms with Crippen molar-refractivity contribution in [2.24, 2.45) is 0 Å². The van der Waals surface area contributed by atoms with Crippen LogP contribution in [0.2, 0.25) is 0 Å². The van der Waals surface area contributed by atoms with Crippen LogP contribution in [0.25, 0.3) is 0 Å². The first-order valence-electron chi connectivity index (χ1n) is 33.4. The second-order valence-electron chi connectivity index (χ2n) is 24.2. The molecule has 1 amide bonds. The molecule has 0 rings (SSSR count). The fourth-order valence-corrected chi connectivity index (χ4v) is 10.9. The van der Waals surface area contributed by atoms with Gasteiger partial charge in [0, 0.05) is 6.42 Å². The maximum Gasteiger partial charge on any atom is 0.472 e. The summed E-state index contributed by atoms with van der Waals surface area (Å²) in [5, 5.41) is 14.0. The summed E-state index contributed by atoms with van der Waals surface area (Å²) in [6.07, 6.45) is 77.2. The van der Waals surface area contributed by atoms with E-state index in [2.05, 4.69) is 43.5 Å². The lowest BCUT2D eigenvalue weighted by Crippen LogP contribution is -2.45. The van der Waals surface area contributed by atoms with Crippen molar-refractivity contribution >= 4 is 13.7 Å². The van der Waals surface area contributed by atoms with Gasteiger partial charge in [0.05, 0.1) is 39.9 Å². The first-order chi connectivity index (χ1) is 37.0. The third-order valence-corrected chi connectivity index (χ3v) is 16.3. The molecule has 0 spiro atoms. The minimum Gasteiger partial charge on any atom is -0.387 e. The van der Waals surface area contributed by atoms with Gasteiger partial charge in [0.1, 0.15) is 13.2 Å². The van der Waals surface area contributed by atoms with Gasteiger partial charge in [0.15, 0.2) is 0 Å². The number of aliphatic hydroxyl groups is 1. The molecule has 3 atom stereocenters. The Bertz CT molecular complexity index is 1330. The van der Waals surface area contributed by atoms with E-state index in [1.165, 1.54) is 276 Å². The van der Waals surface area contributed by atoms with E-state index in [-0.39, 0.29) is 19.1 Å². The van der Waals surface area contributed by atoms with Crippen LogP contribution in [0.3, 0.4) is 0 Å². The Hall–Kier alpha value is -1.28. The number of rotatable bonds is 62. The average molecular weight is 1090 g/mol. The standard InChI is InChI=1S/C67H131N2O6P/c1-6-8-10-12-14-16-18-20-22-24-26-28-29-30-31-32-33-34-35-36-37-38-39-41-43-45-47-49-51-53-55-57-59-61-67(71)68-65(64-75-76(72,73)74-63-62-69(3,4)5)66(70)60-58-56-54-52-50-48-46-44-42-40-27-25-23-21-19-17-15-13-11-9-7-2/h30-31,50,52,58,60,65-66,70H,6-29,32-49,51,53-57,59,61-64H2,1-5H3,(H-,68,71,72,73)/p+1/b31-30-,52-50+,60-58+. The smallest absolute Gasteiger partial charge is 0.387 e. The Morgan fingerprint density at radius 2 is 0.724 bits per heavy atom. The second kappa shape index (κ2) is 58.4. The van der Waals surface area contributed by atoms with Gasteiger partial charge in [-0.15, -0.1) is 0 Å². The van der Waals surface area contributed by atoms with Crippen LogP contribution in [0, 0.1) is 0 Å². The molecule has 0 aliphatic carbocycles. The van der Waals surface area contributed by atoms with E-state index in [1.807, 2.05) is 27.2 Å². The van der Waals surface area contributed by atoms with Gasteiger partial charge >= 0.3 is 7.82 Å². The van der Waals surface area contributed by atoms with Gasteiger partial charge in [0.25, 0.3) is 0 Å². The van der Waals surface area contributed by atoms with Crippen LogP contribution in [0.4, 0.5) is 0 Å². The summed E-state index contributed by atoms with van der Waals surface area (Å²) in [5.41, 5.74) is 0. The van der Waals surface area contributed by atoms with E-state index >= 15 is 0 Å². The molecular formula is C67H132N2O6P+. The van der Waals surface area contributed by atoms with Crippen molar-refractivity contribution in [2.45, 2.75) is 347 Å². The number of phosphoric acid groups is 1. The highest BCUT2D eigenvalue weighted by Gasteiger charge is 2.28. The first-order valence-corrected chi connectivity index (χ1v) is 34.9. The highest BCUT2D eigenvalue weighted by molar-refractivity contribution is 7.47. The van der Waals surface area contributed by atoms with Crippen molar-refractivity contribution in [3.63, 3.8) is 0 Å². The van der Waals surface area contributed by atoms with E-state index in [1.54, 1.807) is 6.08 Å². The Labute approximate surface area is 474 Å². The zero-order valence-corrected chi connectivity index (χ0v) is 52.4. The summed E-state index contributed by atoms with van der Waals surface area (Å²) < 4.78 is 23.8. The van der Waals surface area contributed by atoms with Crippen LogP contribution in [-0.2, 0) is 18.4 Å². The van der Waals surface area contributed by atoms with E-state index in [9.17, 15) is 19.4 Å². The maximum atomic E-state index is 13.0. The summed E-state index contributed by atoms with van der Waals surface area (Å²) in [4.78, 5) is 23.4. The molecule has 9 heteroatoms. The second-order valence-corrected chi connectivity index (χ2v) is 25.6. The molecule has 0 radical (unpaired) electrons. The fourth-order valence-electron chi connectivity index (χ4n) is 10.1. The van der Waals surface area contributed by atoms with E-state index in [4.69, 9.17) is 9.05 Å². The predicted molar refractivity (Wildman–Crippen MR) is 332 cm³/mol. The minimum absolute atomic E-state index is 0.0577. The summed E-state index contributed by atoms with van der Waals surface area (Å²) in [6, 6.07) is -0.863. The number of amides is 1. The van der Waals surface area contributed by atoms with Crippen LogP contribution >= 0.6 is 7.82 Å². The summed E-state index contributed by atoms with van der Waals surface area (Å²) in [7, 11) is 1.57. The molecule has 0 aliphatic heterocycles. The molecule has 3 unspecified atom stereocenters. The first kappa shape index (κ1) is 74.7. The number of quaternary nitrogens is 1. The molecular weight excluding hydrogens is 960 g/mol. The van der Waals surface area contributed by atoms with E-state index in [0.717, 1.165) is 38.5 Å². The van der Waals surface area contributed by atoms with Crippen molar-refractivity contribution in [2.75, 3.05) is 40.9 Å². The zero-order chi connectivity index (χ0) is 55.6. The molecule has 0 fully saturated rings. The van der Waals surface area contributed by atoms with E-state index < -0.39 is 20.0 Å². The van der Waals surface area contributed by atoms with Gasteiger partial charge in [-0.3, -0.25) is 13.8 Å². The lowest BCUT2D eigenvalue weighted by molar-refractivity contribution is -0.870. The minimum atomic E-state index is -4.36. The SMILES string of the molecule is CCCCCCCCCCCCCC/C=C\CCCCCCCCCCCCCCCCCCCC(=O)NC(COP(=O)(O)OCC[N+](C)(C)C)C(O)/C=C/CC/C=C/CCCCCCCCCCCCCCCCC. The number of phosphoric ester groups is 1. The third kappa shape index (κ3) is 60.4. The largest absolute Gasteiger partial charge is 0.472 e. The van der Waals surface area contributed by atoms with Gasteiger partial charge in [-0.05, 0) is 57.8 Å². The Morgan fingerprint density at radius 1 is 0.434 bits per heavy atom. The predicted octanol–water partition coefficient (Wildman–Crippen LogP) is 20.9. The van der Waals surface area contributed by atoms with Crippen LogP contribution in [0.5, 0.6) is 0 Å². The summed E-state index contributed by atoms with van der Waals surface area (Å²) in [5.74, 6) is -0.181. The Balaban J connectivity index is 4.06. The van der Waals surface area contributed by atoms with Crippen LogP contribution in [-0.4, -0.2) is 73.4 Å². The number of unbranched alkanes of at least 4 members (excludes halogenated alkanes) is 45. The molecule has 0 aromatic heterocycles. The van der Waals surface area contributed by atoms with Crippen LogP contribution < -0.4 is 5.32 Å². The van der Waals surface area contributed by atoms with Crippen molar-refractivity contribution < 1.29 is 32.9 Å². The number of likely N-dealkylation sites (N-methyl/N-ethyl adjacent to an activating group) is 1. The lowest BCUT2D eigenvalue weighted by atomic mass is 10.0. The lowest BCUT2D eigenvalue weighted by Gasteiger charge is -2.25. The fraction of sp³-hybridized carbons (Fsp3) is 0.896. The number of carbonyl (C=O) groups excluding carboxylic acids is 1. The third-order valence-electron chi connectivity index (χ3n) is 15.3. The normalized spacial score (nSPS) is 13.9. The maximum absolute atomic E-state index is 13.0. The number of hydrogen-bond donors (Lipinski definition) is 3. The number of hydrogen-bond acceptors (Lipinski definition) is 5. The molecule has 76 heavy (non-hydrogen) atoms. The molecule has 8 nitrogen and oxygen atoms in total. The molecule has 3 N–H and O–H groups in total. The average Bonchev–Trinajstić information content (AvgIpc) is 3.38. The van der Waals surface area contributed by atoms with Crippen LogP contribution in [0.1, 0.15) is 335 Å². The van der Waals surface area contributed by atoms with Crippen molar-refractivity contribution in [1.82, 2.24) is 5.32 Å². The molecule has 0 heterocycles. The van der Waals surface area contributed by atoms with Gasteiger partial charge < -0.3 is 19.8 Å². The molecule has 0 aromatic rings.